The van der Waals surface area contributed by atoms with Crippen LogP contribution in [0, 0.1) is 0 Å². The zero-order valence-corrected chi connectivity index (χ0v) is 15.2. The Morgan fingerprint density at radius 2 is 1.96 bits per heavy atom. The zero-order valence-electron chi connectivity index (χ0n) is 15.2. The highest BCUT2D eigenvalue weighted by atomic mass is 16.5. The molecule has 1 N–H and O–H groups in total. The first-order valence-electron chi connectivity index (χ1n) is 8.29. The summed E-state index contributed by atoms with van der Waals surface area (Å²) in [4.78, 5) is 4.62. The van der Waals surface area contributed by atoms with Crippen molar-refractivity contribution >= 4 is 5.90 Å². The third kappa shape index (κ3) is 4.98. The fourth-order valence-electron chi connectivity index (χ4n) is 2.29. The molecule has 0 heterocycles. The van der Waals surface area contributed by atoms with Crippen LogP contribution in [0.3, 0.4) is 0 Å². The molecular weight excluding hydrogens is 298 g/mol. The number of allylic oxidation sites excluding steroid dienone is 6. The lowest BCUT2D eigenvalue weighted by molar-refractivity contribution is 0.399. The van der Waals surface area contributed by atoms with Gasteiger partial charge in [0.1, 0.15) is 5.75 Å². The van der Waals surface area contributed by atoms with Gasteiger partial charge in [0.05, 0.1) is 18.4 Å². The molecule has 0 spiro atoms. The van der Waals surface area contributed by atoms with Crippen LogP contribution >= 0.6 is 0 Å². The number of phenolic OH excluding ortho intramolecular Hbond substituents is 1. The van der Waals surface area contributed by atoms with Crippen molar-refractivity contribution in [2.24, 2.45) is 4.99 Å². The van der Waals surface area contributed by atoms with Crippen molar-refractivity contribution in [3.8, 4) is 5.75 Å². The molecule has 3 heteroatoms. The van der Waals surface area contributed by atoms with Gasteiger partial charge in [0.15, 0.2) is 0 Å². The summed E-state index contributed by atoms with van der Waals surface area (Å²) in [6.45, 7) is 8.01. The molecule has 3 nitrogen and oxygen atoms in total. The van der Waals surface area contributed by atoms with Gasteiger partial charge in [0.2, 0.25) is 5.90 Å². The lowest BCUT2D eigenvalue weighted by atomic mass is 10.0. The minimum absolute atomic E-state index is 0.155. The topological polar surface area (TPSA) is 41.8 Å². The Morgan fingerprint density at radius 1 is 1.25 bits per heavy atom. The highest BCUT2D eigenvalue weighted by molar-refractivity contribution is 5.97. The molecule has 0 saturated heterocycles. The summed E-state index contributed by atoms with van der Waals surface area (Å²) in [5, 5.41) is 9.99. The number of methoxy groups -OCH3 is 1. The molecule has 2 rings (SSSR count). The minimum atomic E-state index is 0.155. The van der Waals surface area contributed by atoms with E-state index in [2.05, 4.69) is 36.2 Å². The van der Waals surface area contributed by atoms with Gasteiger partial charge in [-0.1, -0.05) is 56.4 Å². The average molecular weight is 325 g/mol. The van der Waals surface area contributed by atoms with Crippen LogP contribution in [0.5, 0.6) is 5.75 Å². The predicted octanol–water partition coefficient (Wildman–Crippen LogP) is 5.55. The predicted molar refractivity (Wildman–Crippen MR) is 102 cm³/mol. The summed E-state index contributed by atoms with van der Waals surface area (Å²) in [5.41, 5.74) is 3.65. The van der Waals surface area contributed by atoms with Gasteiger partial charge >= 0.3 is 0 Å². The first kappa shape index (κ1) is 19.5. The van der Waals surface area contributed by atoms with E-state index in [0.29, 0.717) is 11.5 Å². The molecule has 24 heavy (non-hydrogen) atoms. The summed E-state index contributed by atoms with van der Waals surface area (Å²) in [5.74, 6) is 0.555. The van der Waals surface area contributed by atoms with Gasteiger partial charge < -0.3 is 9.84 Å². The van der Waals surface area contributed by atoms with Crippen molar-refractivity contribution in [3.05, 3.63) is 77.1 Å². The number of aromatic hydroxyl groups is 1. The minimum Gasteiger partial charge on any atom is -0.507 e. The first-order valence-corrected chi connectivity index (χ1v) is 8.29. The highest BCUT2D eigenvalue weighted by Gasteiger charge is 2.12. The Balaban J connectivity index is 0.00000139. The Morgan fingerprint density at radius 3 is 2.58 bits per heavy atom. The molecule has 1 aromatic rings. The maximum Gasteiger partial charge on any atom is 0.224 e. The average Bonchev–Trinajstić information content (AvgIpc) is 2.83. The number of aliphatic imine (C=N–C) groups is 1. The van der Waals surface area contributed by atoms with E-state index in [9.17, 15) is 5.11 Å². The molecule has 0 unspecified atom stereocenters. The lowest BCUT2D eigenvalue weighted by Crippen LogP contribution is -2.05. The van der Waals surface area contributed by atoms with E-state index in [1.165, 1.54) is 0 Å². The van der Waals surface area contributed by atoms with Crippen LogP contribution in [0.2, 0.25) is 0 Å². The van der Waals surface area contributed by atoms with E-state index in [0.717, 1.165) is 23.3 Å². The number of ether oxygens (including phenoxy) is 1. The molecule has 128 valence electrons. The number of hydrogen-bond donors (Lipinski definition) is 1. The summed E-state index contributed by atoms with van der Waals surface area (Å²) in [7, 11) is 1.56. The van der Waals surface area contributed by atoms with Crippen molar-refractivity contribution in [2.45, 2.75) is 34.1 Å². The third-order valence-electron chi connectivity index (χ3n) is 3.46. The van der Waals surface area contributed by atoms with E-state index in [1.807, 2.05) is 32.9 Å². The number of hydrogen-bond acceptors (Lipinski definition) is 3. The maximum absolute atomic E-state index is 9.99. The van der Waals surface area contributed by atoms with E-state index in [1.54, 1.807) is 25.3 Å². The normalized spacial score (nSPS) is 14.9. The summed E-state index contributed by atoms with van der Waals surface area (Å²) in [6, 6.07) is 7.03. The van der Waals surface area contributed by atoms with Gasteiger partial charge in [-0.2, -0.15) is 0 Å². The van der Waals surface area contributed by atoms with Crippen molar-refractivity contribution in [3.63, 3.8) is 0 Å². The van der Waals surface area contributed by atoms with Crippen molar-refractivity contribution in [2.75, 3.05) is 7.11 Å². The Hall–Kier alpha value is -2.55. The quantitative estimate of drug-likeness (QED) is 0.585. The van der Waals surface area contributed by atoms with E-state index >= 15 is 0 Å². The lowest BCUT2D eigenvalue weighted by Gasteiger charge is -2.11. The standard InChI is InChI=1S/C19H21NO2.C2H6/c1-4-17(15-11-7-5-6-10-14(15)2)20-19(22-3)16-12-8-9-13-18(16)21;1-2/h4-6,8-13,21H,7H2,1-3H3;1-2H3/b17-4+,20-19?;. The number of phenols is 1. The highest BCUT2D eigenvalue weighted by Crippen LogP contribution is 2.25. The second-order valence-electron chi connectivity index (χ2n) is 4.94. The number of nitrogens with zero attached hydrogens (tertiary/aromatic N) is 1. The van der Waals surface area contributed by atoms with Gasteiger partial charge in [0.25, 0.3) is 0 Å². The number of para-hydroxylation sites is 1. The Kier molecular flexibility index (Phi) is 8.34. The van der Waals surface area contributed by atoms with Gasteiger partial charge in [-0.15, -0.1) is 0 Å². The van der Waals surface area contributed by atoms with Crippen LogP contribution in [0.1, 0.15) is 39.7 Å². The largest absolute Gasteiger partial charge is 0.507 e. The fourth-order valence-corrected chi connectivity index (χ4v) is 2.29. The first-order chi connectivity index (χ1) is 11.7. The van der Waals surface area contributed by atoms with Crippen LogP contribution in [0.4, 0.5) is 0 Å². The summed E-state index contributed by atoms with van der Waals surface area (Å²) < 4.78 is 5.39. The third-order valence-corrected chi connectivity index (χ3v) is 3.46. The molecule has 0 aliphatic heterocycles. The number of rotatable bonds is 3. The summed E-state index contributed by atoms with van der Waals surface area (Å²) in [6.07, 6.45) is 11.2. The molecule has 0 fully saturated rings. The second kappa shape index (κ2) is 10.3. The van der Waals surface area contributed by atoms with E-state index in [-0.39, 0.29) is 5.75 Å². The van der Waals surface area contributed by atoms with Gasteiger partial charge in [-0.3, -0.25) is 0 Å². The SMILES string of the molecule is C/C=C(/N=C(OC)c1ccccc1O)C1=CCC=CC=C1C.CC. The van der Waals surface area contributed by atoms with Crippen LogP contribution in [0.25, 0.3) is 0 Å². The smallest absolute Gasteiger partial charge is 0.224 e. The molecule has 1 aliphatic carbocycles. The molecule has 0 atom stereocenters. The molecule has 0 saturated carbocycles. The van der Waals surface area contributed by atoms with Gasteiger partial charge in [-0.05, 0) is 43.5 Å². The fraction of sp³-hybridized carbons (Fsp3) is 0.286. The molecule has 0 amide bonds. The van der Waals surface area contributed by atoms with Crippen molar-refractivity contribution < 1.29 is 9.84 Å². The Labute approximate surface area is 145 Å². The monoisotopic (exact) mass is 325 g/mol. The van der Waals surface area contributed by atoms with Crippen molar-refractivity contribution in [1.82, 2.24) is 0 Å². The molecule has 0 radical (unpaired) electrons. The van der Waals surface area contributed by atoms with E-state index < -0.39 is 0 Å². The van der Waals surface area contributed by atoms with Gasteiger partial charge in [-0.25, -0.2) is 4.99 Å². The van der Waals surface area contributed by atoms with E-state index in [4.69, 9.17) is 4.74 Å². The molecule has 1 aromatic carbocycles. The van der Waals surface area contributed by atoms with Crippen LogP contribution < -0.4 is 0 Å². The van der Waals surface area contributed by atoms with Crippen LogP contribution in [0.15, 0.2) is 76.5 Å². The molecule has 1 aliphatic rings. The second-order valence-corrected chi connectivity index (χ2v) is 4.94. The maximum atomic E-state index is 9.99. The molecule has 0 aromatic heterocycles. The summed E-state index contributed by atoms with van der Waals surface area (Å²) >= 11 is 0. The molecule has 0 bridgehead atoms. The zero-order chi connectivity index (χ0) is 17.9. The Bertz CT molecular complexity index is 692. The molecular formula is C21H27NO2. The van der Waals surface area contributed by atoms with Crippen LogP contribution in [-0.4, -0.2) is 18.1 Å². The van der Waals surface area contributed by atoms with Crippen LogP contribution in [-0.2, 0) is 4.74 Å². The number of benzene rings is 1. The van der Waals surface area contributed by atoms with Crippen molar-refractivity contribution in [1.29, 1.82) is 0 Å². The van der Waals surface area contributed by atoms with Gasteiger partial charge in [0, 0.05) is 0 Å².